The molecule has 2 amide bonds. The molecule has 0 spiro atoms. The van der Waals surface area contributed by atoms with E-state index in [9.17, 15) is 29.4 Å². The highest BCUT2D eigenvalue weighted by atomic mass is 32.2. The van der Waals surface area contributed by atoms with Crippen molar-refractivity contribution in [2.75, 3.05) is 28.7 Å². The Labute approximate surface area is 256 Å². The summed E-state index contributed by atoms with van der Waals surface area (Å²) >= 11 is 3.22. The number of nitrogens with zero attached hydrogens (tertiary/aromatic N) is 6. The Balaban J connectivity index is 1.54. The molecule has 43 heavy (non-hydrogen) atoms. The van der Waals surface area contributed by atoms with Crippen LogP contribution in [0.5, 0.6) is 0 Å². The molecule has 0 aliphatic carbocycles. The molecule has 4 heterocycles. The van der Waals surface area contributed by atoms with Crippen molar-refractivity contribution < 1.29 is 38.8 Å². The largest absolute Gasteiger partial charge is 0.478 e. The first kappa shape index (κ1) is 31.5. The molecule has 2 aromatic heterocycles. The first-order valence-electron chi connectivity index (χ1n) is 12.2. The summed E-state index contributed by atoms with van der Waals surface area (Å²) in [5.74, 6) is -3.58. The molecule has 2 aromatic rings. The Morgan fingerprint density at radius 1 is 1.33 bits per heavy atom. The summed E-state index contributed by atoms with van der Waals surface area (Å²) in [5.41, 5.74) is 15.5. The number of hydrogen-bond donors (Lipinski definition) is 6. The molecular weight excluding hydrogens is 625 g/mol. The molecule has 1 saturated heterocycles. The van der Waals surface area contributed by atoms with Gasteiger partial charge in [-0.05, 0) is 31.2 Å². The van der Waals surface area contributed by atoms with Crippen LogP contribution in [0.25, 0.3) is 0 Å². The summed E-state index contributed by atoms with van der Waals surface area (Å²) in [6.45, 7) is 6.49. The number of fused-ring (bicyclic) bond motifs is 1. The Bertz CT molecular complexity index is 1570. The first-order valence-corrected chi connectivity index (χ1v) is 15.1. The molecule has 1 fully saturated rings. The highest BCUT2D eigenvalue weighted by Crippen LogP contribution is 2.41. The monoisotopic (exact) mass is 651 g/mol. The molecule has 2 aliphatic heterocycles. The lowest BCUT2D eigenvalue weighted by molar-refractivity contribution is -0.713. The van der Waals surface area contributed by atoms with Crippen molar-refractivity contribution in [1.82, 2.24) is 24.6 Å². The summed E-state index contributed by atoms with van der Waals surface area (Å²) in [6, 6.07) is 0.373. The lowest BCUT2D eigenvalue weighted by Gasteiger charge is -2.49. The number of carbonyl (C=O) groups excluding carboxylic acids is 2. The molecule has 4 rings (SSSR count). The molecule has 1 unspecified atom stereocenters. The summed E-state index contributed by atoms with van der Waals surface area (Å²) in [5, 5.41) is 25.2. The second kappa shape index (κ2) is 12.4. The van der Waals surface area contributed by atoms with Crippen molar-refractivity contribution in [3.8, 4) is 0 Å². The molecule has 2 aliphatic rings. The Morgan fingerprint density at radius 2 is 2.05 bits per heavy atom. The van der Waals surface area contributed by atoms with E-state index in [1.165, 1.54) is 43.4 Å². The average Bonchev–Trinajstić information content (AvgIpc) is 3.36. The van der Waals surface area contributed by atoms with Crippen molar-refractivity contribution in [3.05, 3.63) is 35.8 Å². The van der Waals surface area contributed by atoms with E-state index in [-0.39, 0.29) is 34.0 Å². The highest BCUT2D eigenvalue weighted by Gasteiger charge is 2.54. The van der Waals surface area contributed by atoms with Crippen LogP contribution >= 0.6 is 35.1 Å². The van der Waals surface area contributed by atoms with Crippen molar-refractivity contribution in [2.45, 2.75) is 42.6 Å². The molecule has 17 nitrogen and oxygen atoms in total. The maximum atomic E-state index is 13.2. The second-order valence-corrected chi connectivity index (χ2v) is 12.3. The summed E-state index contributed by atoms with van der Waals surface area (Å²) < 4.78 is 5.59. The molecule has 0 aromatic carbocycles. The quantitative estimate of drug-likeness (QED) is 0.0314. The zero-order chi connectivity index (χ0) is 31.6. The number of carboxylic acid groups (broad SMARTS) is 2. The summed E-state index contributed by atoms with van der Waals surface area (Å²) in [7, 11) is 0. The zero-order valence-corrected chi connectivity index (χ0v) is 25.2. The third-order valence-electron chi connectivity index (χ3n) is 6.04. The second-order valence-electron chi connectivity index (χ2n) is 9.50. The maximum Gasteiger partial charge on any atom is 0.352 e. The Kier molecular flexibility index (Phi) is 9.11. The van der Waals surface area contributed by atoms with Crippen LogP contribution in [0.2, 0.25) is 0 Å². The fourth-order valence-corrected chi connectivity index (χ4v) is 6.79. The van der Waals surface area contributed by atoms with Gasteiger partial charge in [-0.3, -0.25) is 14.5 Å². The number of nitrogens with two attached hydrogens (primary N) is 3. The minimum atomic E-state index is -1.80. The molecule has 0 radical (unpaired) electrons. The van der Waals surface area contributed by atoms with Gasteiger partial charge in [-0.15, -0.1) is 11.8 Å². The third kappa shape index (κ3) is 6.49. The Morgan fingerprint density at radius 3 is 2.65 bits per heavy atom. The van der Waals surface area contributed by atoms with Crippen LogP contribution in [-0.4, -0.2) is 87.4 Å². The number of aliphatic carboxylic acids is 2. The van der Waals surface area contributed by atoms with E-state index in [1.54, 1.807) is 10.6 Å². The number of oxime groups is 1. The standard InChI is InChI=1S/C23H26N10O7S3/c1-4-5-32-11(25)6-10(24)27-22(32)42-8-9-7-41-18-13(17(35)33(18)14(9)19(36)37)28-16(34)12(15-29-21(26)43-31-15)30-40-23(2,3)20(38)39/h4,6,13,18H,1,5,7-8H2,2-3H3,(H8,24,25,26,28,29,31,34,36,37,38,39)/p+1/b30-12-/t13?,18-/m1/s1. The first-order chi connectivity index (χ1) is 20.2. The number of β-lactam (4-membered cyclic amide) rings is 1. The fraction of sp³-hybridized carbons (Fsp3) is 0.348. The van der Waals surface area contributed by atoms with Gasteiger partial charge in [0.05, 0.1) is 12.6 Å². The van der Waals surface area contributed by atoms with Crippen LogP contribution in [0.15, 0.2) is 40.3 Å². The van der Waals surface area contributed by atoms with Gasteiger partial charge in [0.15, 0.2) is 5.13 Å². The molecule has 0 bridgehead atoms. The van der Waals surface area contributed by atoms with Gasteiger partial charge in [0.2, 0.25) is 28.8 Å². The van der Waals surface area contributed by atoms with E-state index in [0.717, 1.165) is 16.4 Å². The number of aromatic nitrogens is 4. The van der Waals surface area contributed by atoms with E-state index in [0.29, 0.717) is 23.1 Å². The summed E-state index contributed by atoms with van der Waals surface area (Å²) in [6.07, 6.45) is 1.63. The topological polar surface area (TPSA) is 266 Å². The fourth-order valence-electron chi connectivity index (χ4n) is 3.84. The Hall–Kier alpha value is -4.43. The van der Waals surface area contributed by atoms with Gasteiger partial charge in [0, 0.05) is 23.0 Å². The molecule has 228 valence electrons. The van der Waals surface area contributed by atoms with E-state index < -0.39 is 46.5 Å². The van der Waals surface area contributed by atoms with Crippen molar-refractivity contribution in [3.63, 3.8) is 0 Å². The van der Waals surface area contributed by atoms with Crippen LogP contribution in [0, 0.1) is 0 Å². The predicted octanol–water partition coefficient (Wildman–Crippen LogP) is -0.732. The van der Waals surface area contributed by atoms with Gasteiger partial charge in [0.25, 0.3) is 11.8 Å². The number of nitrogens with one attached hydrogen (secondary N) is 1. The number of hydrogen-bond acceptors (Lipinski definition) is 15. The number of anilines is 3. The molecular formula is C23H27N10O7S3+. The van der Waals surface area contributed by atoms with Crippen molar-refractivity contribution >= 4 is 81.3 Å². The number of amides is 2. The van der Waals surface area contributed by atoms with E-state index in [2.05, 4.69) is 31.4 Å². The number of carboxylic acids is 2. The van der Waals surface area contributed by atoms with E-state index in [4.69, 9.17) is 22.0 Å². The third-order valence-corrected chi connectivity index (χ3v) is 8.98. The average molecular weight is 652 g/mol. The van der Waals surface area contributed by atoms with Crippen molar-refractivity contribution in [2.24, 2.45) is 5.16 Å². The van der Waals surface area contributed by atoms with Gasteiger partial charge in [-0.2, -0.15) is 9.36 Å². The number of rotatable bonds is 12. The smallest absolute Gasteiger partial charge is 0.352 e. The van der Waals surface area contributed by atoms with Crippen molar-refractivity contribution in [1.29, 1.82) is 0 Å². The molecule has 0 saturated carbocycles. The van der Waals surface area contributed by atoms with E-state index in [1.807, 2.05) is 0 Å². The van der Waals surface area contributed by atoms with Crippen LogP contribution < -0.4 is 27.1 Å². The van der Waals surface area contributed by atoms with Crippen LogP contribution in [0.1, 0.15) is 19.7 Å². The zero-order valence-electron chi connectivity index (χ0n) is 22.7. The van der Waals surface area contributed by atoms with Gasteiger partial charge >= 0.3 is 17.1 Å². The SMILES string of the molecule is C=CC[n+]1c(N)cc(N)nc1SCC1=C(C(=O)O)N2C(=O)C(NC(=O)/C(=N\OC(C)(C)C(=O)O)c3nsc(N)n3)[C@H]2SC1. The van der Waals surface area contributed by atoms with Crippen LogP contribution in [0.4, 0.5) is 16.8 Å². The van der Waals surface area contributed by atoms with Gasteiger partial charge < -0.3 is 37.6 Å². The maximum absolute atomic E-state index is 13.2. The lowest BCUT2D eigenvalue weighted by atomic mass is 10.0. The van der Waals surface area contributed by atoms with Crippen LogP contribution in [-0.2, 0) is 30.6 Å². The normalized spacial score (nSPS) is 18.5. The highest BCUT2D eigenvalue weighted by molar-refractivity contribution is 8.01. The molecule has 20 heteroatoms. The lowest BCUT2D eigenvalue weighted by Crippen LogP contribution is -2.71. The minimum absolute atomic E-state index is 0.00875. The molecule has 9 N–H and O–H groups in total. The number of carbonyl (C=O) groups is 4. The molecule has 2 atom stereocenters. The van der Waals surface area contributed by atoms with Gasteiger partial charge in [0.1, 0.15) is 17.1 Å². The van der Waals surface area contributed by atoms with Gasteiger partial charge in [-0.1, -0.05) is 22.8 Å². The minimum Gasteiger partial charge on any atom is -0.478 e. The number of thioether (sulfide) groups is 2. The number of nitrogen functional groups attached to an aromatic ring is 3. The predicted molar refractivity (Wildman–Crippen MR) is 158 cm³/mol. The van der Waals surface area contributed by atoms with E-state index >= 15 is 0 Å². The summed E-state index contributed by atoms with van der Waals surface area (Å²) in [4.78, 5) is 64.5. The number of allylic oxidation sites excluding steroid dienone is 1. The van der Waals surface area contributed by atoms with Gasteiger partial charge in [-0.25, -0.2) is 14.2 Å². The van der Waals surface area contributed by atoms with Crippen LogP contribution in [0.3, 0.4) is 0 Å².